The van der Waals surface area contributed by atoms with E-state index in [4.69, 9.17) is 10.5 Å². The number of likely N-dealkylation sites (tertiary alicyclic amines) is 1. The molecule has 8 heteroatoms. The van der Waals surface area contributed by atoms with E-state index in [1.54, 1.807) is 24.4 Å². The molecule has 1 fully saturated rings. The number of piperidine rings is 1. The van der Waals surface area contributed by atoms with Gasteiger partial charge in [0, 0.05) is 51.2 Å². The Kier molecular flexibility index (Phi) is 5.86. The SMILES string of the molecule is COCCN1CCC[C@](O)(CN(C)Cc2cnc(N)nc2)C1=O. The minimum absolute atomic E-state index is 0.221. The molecule has 0 bridgehead atoms. The van der Waals surface area contributed by atoms with Crippen molar-refractivity contribution in [1.29, 1.82) is 0 Å². The number of rotatable bonds is 7. The number of anilines is 1. The number of carbonyl (C=O) groups excluding carboxylic acids is 1. The van der Waals surface area contributed by atoms with Crippen LogP contribution in [0, 0.1) is 0 Å². The largest absolute Gasteiger partial charge is 0.383 e. The van der Waals surface area contributed by atoms with Crippen LogP contribution in [0.4, 0.5) is 5.95 Å². The van der Waals surface area contributed by atoms with Crippen LogP contribution in [0.1, 0.15) is 18.4 Å². The molecule has 0 spiro atoms. The Balaban J connectivity index is 1.95. The van der Waals surface area contributed by atoms with E-state index in [9.17, 15) is 9.90 Å². The van der Waals surface area contributed by atoms with Gasteiger partial charge in [-0.05, 0) is 19.9 Å². The van der Waals surface area contributed by atoms with Gasteiger partial charge in [-0.15, -0.1) is 0 Å². The Labute approximate surface area is 136 Å². The molecule has 1 aromatic rings. The molecule has 2 heterocycles. The fourth-order valence-corrected chi connectivity index (χ4v) is 2.89. The molecule has 1 atom stereocenters. The van der Waals surface area contributed by atoms with E-state index in [1.807, 2.05) is 11.9 Å². The van der Waals surface area contributed by atoms with Gasteiger partial charge in [0.2, 0.25) is 5.95 Å². The third kappa shape index (κ3) is 4.60. The molecule has 8 nitrogen and oxygen atoms in total. The lowest BCUT2D eigenvalue weighted by Crippen LogP contribution is -2.58. The Morgan fingerprint density at radius 1 is 1.48 bits per heavy atom. The molecular weight excluding hydrogens is 298 g/mol. The van der Waals surface area contributed by atoms with Gasteiger partial charge in [-0.2, -0.15) is 0 Å². The third-order valence-electron chi connectivity index (χ3n) is 3.98. The van der Waals surface area contributed by atoms with Gasteiger partial charge in [0.25, 0.3) is 5.91 Å². The first-order chi connectivity index (χ1) is 10.9. The van der Waals surface area contributed by atoms with E-state index in [1.165, 1.54) is 0 Å². The molecule has 1 aromatic heterocycles. The summed E-state index contributed by atoms with van der Waals surface area (Å²) in [6.45, 7) is 2.45. The van der Waals surface area contributed by atoms with Crippen LogP contribution in [-0.2, 0) is 16.1 Å². The highest BCUT2D eigenvalue weighted by Crippen LogP contribution is 2.24. The summed E-state index contributed by atoms with van der Waals surface area (Å²) >= 11 is 0. The van der Waals surface area contributed by atoms with Crippen LogP contribution in [0.5, 0.6) is 0 Å². The predicted octanol–water partition coefficient (Wildman–Crippen LogP) is -0.509. The van der Waals surface area contributed by atoms with Crippen LogP contribution in [0.2, 0.25) is 0 Å². The van der Waals surface area contributed by atoms with Crippen LogP contribution >= 0.6 is 0 Å². The summed E-state index contributed by atoms with van der Waals surface area (Å²) < 4.78 is 5.02. The number of nitrogens with zero attached hydrogens (tertiary/aromatic N) is 4. The number of nitrogens with two attached hydrogens (primary N) is 1. The van der Waals surface area contributed by atoms with Crippen LogP contribution in [0.3, 0.4) is 0 Å². The van der Waals surface area contributed by atoms with Gasteiger partial charge >= 0.3 is 0 Å². The number of aliphatic hydroxyl groups is 1. The van der Waals surface area contributed by atoms with E-state index in [0.717, 1.165) is 12.0 Å². The minimum Gasteiger partial charge on any atom is -0.383 e. The molecule has 3 N–H and O–H groups in total. The zero-order valence-electron chi connectivity index (χ0n) is 13.7. The van der Waals surface area contributed by atoms with Gasteiger partial charge in [0.05, 0.1) is 6.61 Å². The van der Waals surface area contributed by atoms with Crippen LogP contribution < -0.4 is 5.73 Å². The summed E-state index contributed by atoms with van der Waals surface area (Å²) in [6.07, 6.45) is 4.55. The lowest BCUT2D eigenvalue weighted by molar-refractivity contribution is -0.159. The van der Waals surface area contributed by atoms with Gasteiger partial charge in [-0.1, -0.05) is 0 Å². The standard InChI is InChI=1S/C15H25N5O3/c1-19(10-12-8-17-14(16)18-9-12)11-15(22)4-3-5-20(13(15)21)6-7-23-2/h8-9,22H,3-7,10-11H2,1-2H3,(H2,16,17,18)/t15-/m0/s1. The molecule has 0 unspecified atom stereocenters. The molecule has 1 aliphatic heterocycles. The highest BCUT2D eigenvalue weighted by Gasteiger charge is 2.42. The van der Waals surface area contributed by atoms with Crippen LogP contribution in [0.15, 0.2) is 12.4 Å². The Morgan fingerprint density at radius 3 is 2.83 bits per heavy atom. The maximum absolute atomic E-state index is 12.5. The predicted molar refractivity (Wildman–Crippen MR) is 85.4 cm³/mol. The van der Waals surface area contributed by atoms with Crippen molar-refractivity contribution in [2.45, 2.75) is 25.0 Å². The zero-order chi connectivity index (χ0) is 16.9. The number of aromatic nitrogens is 2. The van der Waals surface area contributed by atoms with E-state index in [0.29, 0.717) is 32.7 Å². The molecule has 1 saturated heterocycles. The monoisotopic (exact) mass is 323 g/mol. The fraction of sp³-hybridized carbons (Fsp3) is 0.667. The van der Waals surface area contributed by atoms with Gasteiger partial charge < -0.3 is 20.5 Å². The molecule has 128 valence electrons. The lowest BCUT2D eigenvalue weighted by atomic mass is 9.91. The average molecular weight is 323 g/mol. The molecule has 23 heavy (non-hydrogen) atoms. The number of methoxy groups -OCH3 is 1. The summed E-state index contributed by atoms with van der Waals surface area (Å²) in [4.78, 5) is 24.0. The molecule has 0 aromatic carbocycles. The summed E-state index contributed by atoms with van der Waals surface area (Å²) in [5, 5.41) is 10.8. The van der Waals surface area contributed by atoms with E-state index >= 15 is 0 Å². The van der Waals surface area contributed by atoms with Crippen molar-refractivity contribution in [2.24, 2.45) is 0 Å². The van der Waals surface area contributed by atoms with E-state index < -0.39 is 5.60 Å². The summed E-state index contributed by atoms with van der Waals surface area (Å²) in [5.41, 5.74) is 4.99. The number of carbonyl (C=O) groups is 1. The van der Waals surface area contributed by atoms with E-state index in [-0.39, 0.29) is 18.4 Å². The zero-order valence-corrected chi connectivity index (χ0v) is 13.7. The number of ether oxygens (including phenoxy) is 1. The highest BCUT2D eigenvalue weighted by molar-refractivity contribution is 5.86. The first-order valence-electron chi connectivity index (χ1n) is 7.70. The second-order valence-electron chi connectivity index (χ2n) is 6.04. The number of hydrogen-bond donors (Lipinski definition) is 2. The van der Waals surface area contributed by atoms with Crippen molar-refractivity contribution >= 4 is 11.9 Å². The summed E-state index contributed by atoms with van der Waals surface area (Å²) in [5.74, 6) is 0.00693. The maximum Gasteiger partial charge on any atom is 0.255 e. The van der Waals surface area contributed by atoms with Crippen molar-refractivity contribution < 1.29 is 14.6 Å². The summed E-state index contributed by atoms with van der Waals surface area (Å²) in [7, 11) is 3.46. The van der Waals surface area contributed by atoms with Crippen molar-refractivity contribution in [2.75, 3.05) is 46.1 Å². The molecule has 1 aliphatic rings. The van der Waals surface area contributed by atoms with Gasteiger partial charge in [-0.3, -0.25) is 9.69 Å². The van der Waals surface area contributed by atoms with Crippen molar-refractivity contribution in [3.05, 3.63) is 18.0 Å². The second kappa shape index (κ2) is 7.67. The normalized spacial score (nSPS) is 21.9. The second-order valence-corrected chi connectivity index (χ2v) is 6.04. The molecule has 0 radical (unpaired) electrons. The van der Waals surface area contributed by atoms with Crippen LogP contribution in [-0.4, -0.2) is 76.8 Å². The number of nitrogen functional groups attached to an aromatic ring is 1. The fourth-order valence-electron chi connectivity index (χ4n) is 2.89. The Hall–Kier alpha value is -1.77. The number of likely N-dealkylation sites (N-methyl/N-ethyl adjacent to an activating group) is 1. The Bertz CT molecular complexity index is 524. The molecule has 1 amide bonds. The maximum atomic E-state index is 12.5. The lowest BCUT2D eigenvalue weighted by Gasteiger charge is -2.40. The van der Waals surface area contributed by atoms with Crippen molar-refractivity contribution in [3.8, 4) is 0 Å². The topological polar surface area (TPSA) is 105 Å². The molecule has 0 aliphatic carbocycles. The molecule has 2 rings (SSSR count). The van der Waals surface area contributed by atoms with Crippen LogP contribution in [0.25, 0.3) is 0 Å². The first kappa shape index (κ1) is 17.6. The Morgan fingerprint density at radius 2 is 2.17 bits per heavy atom. The van der Waals surface area contributed by atoms with Gasteiger partial charge in [0.15, 0.2) is 5.60 Å². The van der Waals surface area contributed by atoms with Crippen molar-refractivity contribution in [3.63, 3.8) is 0 Å². The first-order valence-corrected chi connectivity index (χ1v) is 7.70. The molecule has 0 saturated carbocycles. The van der Waals surface area contributed by atoms with Gasteiger partial charge in [-0.25, -0.2) is 9.97 Å². The van der Waals surface area contributed by atoms with Gasteiger partial charge in [0.1, 0.15) is 0 Å². The quantitative estimate of drug-likeness (QED) is 0.696. The van der Waals surface area contributed by atoms with E-state index in [2.05, 4.69) is 9.97 Å². The molecular formula is C15H25N5O3. The van der Waals surface area contributed by atoms with Crippen molar-refractivity contribution in [1.82, 2.24) is 19.8 Å². The number of hydrogen-bond acceptors (Lipinski definition) is 7. The average Bonchev–Trinajstić information content (AvgIpc) is 2.51. The highest BCUT2D eigenvalue weighted by atomic mass is 16.5. The minimum atomic E-state index is -1.35. The smallest absolute Gasteiger partial charge is 0.255 e. The number of amides is 1. The summed E-state index contributed by atoms with van der Waals surface area (Å²) in [6, 6.07) is 0. The third-order valence-corrected chi connectivity index (χ3v) is 3.98.